The van der Waals surface area contributed by atoms with Gasteiger partial charge >= 0.3 is 5.97 Å². The molecule has 2 saturated carbocycles. The number of furan rings is 1. The summed E-state index contributed by atoms with van der Waals surface area (Å²) in [5.41, 5.74) is 0.588. The van der Waals surface area contributed by atoms with Crippen LogP contribution in [0.2, 0.25) is 0 Å². The molecule has 1 N–H and O–H groups in total. The highest BCUT2D eigenvalue weighted by atomic mass is 32.2. The number of sulfonamides is 1. The Kier molecular flexibility index (Phi) is 11.2. The monoisotopic (exact) mass is 883 g/mol. The maximum Gasteiger partial charge on any atom is 0.349 e. The first-order valence-electron chi connectivity index (χ1n) is 20.5. The average Bonchev–Trinajstić information content (AvgIpc) is 4.11. The third-order valence-corrected chi connectivity index (χ3v) is 15.2. The van der Waals surface area contributed by atoms with E-state index in [1.165, 1.54) is 12.0 Å². The van der Waals surface area contributed by atoms with E-state index in [0.29, 0.717) is 62.2 Å². The molecule has 1 saturated heterocycles. The number of ether oxygens (including phenoxy) is 3. The zero-order chi connectivity index (χ0) is 44.3. The second-order valence-corrected chi connectivity index (χ2v) is 20.5. The summed E-state index contributed by atoms with van der Waals surface area (Å²) in [6, 6.07) is 13.6. The number of hydrogen-bond donors (Lipinski definition) is 1. The summed E-state index contributed by atoms with van der Waals surface area (Å²) in [6.07, 6.45) is 1.88. The van der Waals surface area contributed by atoms with E-state index in [-0.39, 0.29) is 44.0 Å². The number of methoxy groups -OCH3 is 2. The van der Waals surface area contributed by atoms with Gasteiger partial charge in [0, 0.05) is 36.1 Å². The molecule has 5 atom stereocenters. The smallest absolute Gasteiger partial charge is 0.349 e. The van der Waals surface area contributed by atoms with Gasteiger partial charge in [-0.05, 0) is 73.9 Å². The van der Waals surface area contributed by atoms with Crippen LogP contribution in [0.15, 0.2) is 65.6 Å². The standard InChI is InChI=1S/C45H49N5O10S2/c1-8-26-21-45(26,43(54)49-62(55,56)29-17-18-29)22-33(51)32-19-28(23-50(32)41(52)31(44(3,4)5)20-35-46-24(2)38(61-35)42(53)58-7)59-40-37-36(30-11-9-10-12-34(30)60-37)47-39(48-40)25-13-15-27(57-6)16-14-25/h8-16,26,28-29,31-32H,1,17-23H2,2-7H3,(H,49,54)/t26-,28-,31-,32+,45-/m1/s1. The lowest BCUT2D eigenvalue weighted by Gasteiger charge is -2.35. The van der Waals surface area contributed by atoms with E-state index in [0.717, 1.165) is 16.7 Å². The van der Waals surface area contributed by atoms with E-state index in [1.807, 2.05) is 57.2 Å². The van der Waals surface area contributed by atoms with E-state index >= 15 is 4.79 Å². The van der Waals surface area contributed by atoms with E-state index in [4.69, 9.17) is 28.6 Å². The molecule has 0 spiro atoms. The van der Waals surface area contributed by atoms with Crippen LogP contribution in [0.5, 0.6) is 11.6 Å². The number of thiazole rings is 1. The zero-order valence-electron chi connectivity index (χ0n) is 35.4. The fourth-order valence-electron chi connectivity index (χ4n) is 8.37. The van der Waals surface area contributed by atoms with Gasteiger partial charge in [-0.25, -0.2) is 23.2 Å². The normalized spacial score (nSPS) is 21.7. The number of hydrogen-bond acceptors (Lipinski definition) is 14. The number of esters is 1. The van der Waals surface area contributed by atoms with Crippen molar-refractivity contribution in [2.75, 3.05) is 20.8 Å². The van der Waals surface area contributed by atoms with Crippen molar-refractivity contribution >= 4 is 67.0 Å². The van der Waals surface area contributed by atoms with Gasteiger partial charge in [0.05, 0.1) is 48.2 Å². The Morgan fingerprint density at radius 1 is 1.06 bits per heavy atom. The van der Waals surface area contributed by atoms with Crippen LogP contribution >= 0.6 is 11.3 Å². The molecule has 2 aromatic carbocycles. The summed E-state index contributed by atoms with van der Waals surface area (Å²) in [5.74, 6) is -2.01. The summed E-state index contributed by atoms with van der Waals surface area (Å²) in [7, 11) is -1.02. The van der Waals surface area contributed by atoms with Crippen LogP contribution in [-0.2, 0) is 35.6 Å². The number of aromatic nitrogens is 3. The largest absolute Gasteiger partial charge is 0.497 e. The molecule has 1 aliphatic heterocycles. The Morgan fingerprint density at radius 2 is 1.79 bits per heavy atom. The molecule has 62 heavy (non-hydrogen) atoms. The van der Waals surface area contributed by atoms with Crippen LogP contribution in [0.4, 0.5) is 0 Å². The molecule has 2 amide bonds. The Morgan fingerprint density at radius 3 is 2.44 bits per heavy atom. The highest BCUT2D eigenvalue weighted by Crippen LogP contribution is 2.57. The number of para-hydroxylation sites is 1. The predicted octanol–water partition coefficient (Wildman–Crippen LogP) is 6.62. The van der Waals surface area contributed by atoms with Crippen molar-refractivity contribution in [1.29, 1.82) is 0 Å². The topological polar surface area (TPSA) is 197 Å². The average molecular weight is 884 g/mol. The SMILES string of the molecule is C=C[C@@H]1C[C@]1(CC(=O)[C@@H]1C[C@@H](Oc2nc(-c3ccc(OC)cc3)nc3c2oc2ccccc23)CN1C(=O)[C@@H](Cc1nc(C)c(C(=O)OC)s1)C(C)(C)C)C(=O)NS(=O)(=O)C1CC1. The number of carbonyl (C=O) groups is 4. The molecule has 8 rings (SSSR count). The lowest BCUT2D eigenvalue weighted by molar-refractivity contribution is -0.144. The van der Waals surface area contributed by atoms with Crippen molar-refractivity contribution in [3.05, 3.63) is 76.8 Å². The maximum absolute atomic E-state index is 15.1. The molecular formula is C45H49N5O10S2. The quantitative estimate of drug-likeness (QED) is 0.0871. The number of aryl methyl sites for hydroxylation is 1. The van der Waals surface area contributed by atoms with Crippen molar-refractivity contribution in [3.8, 4) is 23.0 Å². The van der Waals surface area contributed by atoms with E-state index in [2.05, 4.69) is 16.3 Å². The molecule has 3 aromatic heterocycles. The minimum absolute atomic E-state index is 0.0180. The Balaban J connectivity index is 1.15. The number of fused-ring (bicyclic) bond motifs is 3. The van der Waals surface area contributed by atoms with E-state index in [1.54, 1.807) is 32.2 Å². The van der Waals surface area contributed by atoms with E-state index < -0.39 is 67.7 Å². The molecule has 0 bridgehead atoms. The van der Waals surface area contributed by atoms with Gasteiger partial charge in [-0.15, -0.1) is 17.9 Å². The Labute approximate surface area is 363 Å². The predicted molar refractivity (Wildman–Crippen MR) is 231 cm³/mol. The molecule has 0 unspecified atom stereocenters. The van der Waals surface area contributed by atoms with Crippen LogP contribution in [0.1, 0.15) is 73.2 Å². The van der Waals surface area contributed by atoms with Gasteiger partial charge in [0.25, 0.3) is 5.88 Å². The van der Waals surface area contributed by atoms with Crippen LogP contribution in [0, 0.1) is 29.6 Å². The van der Waals surface area contributed by atoms with Gasteiger partial charge in [0.2, 0.25) is 27.4 Å². The van der Waals surface area contributed by atoms with Gasteiger partial charge in [0.15, 0.2) is 11.6 Å². The Hall–Kier alpha value is -5.68. The maximum atomic E-state index is 15.1. The number of rotatable bonds is 15. The second-order valence-electron chi connectivity index (χ2n) is 17.5. The van der Waals surface area contributed by atoms with Crippen LogP contribution in [0.3, 0.4) is 0 Å². The van der Waals surface area contributed by atoms with Gasteiger partial charge in [-0.1, -0.05) is 39.0 Å². The summed E-state index contributed by atoms with van der Waals surface area (Å²) < 4.78 is 51.3. The van der Waals surface area contributed by atoms with Crippen LogP contribution in [0.25, 0.3) is 33.5 Å². The highest BCUT2D eigenvalue weighted by molar-refractivity contribution is 7.90. The summed E-state index contributed by atoms with van der Waals surface area (Å²) >= 11 is 1.16. The first-order valence-corrected chi connectivity index (χ1v) is 22.9. The van der Waals surface area contributed by atoms with Crippen molar-refractivity contribution in [2.24, 2.45) is 22.7 Å². The fourth-order valence-corrected chi connectivity index (χ4v) is 10.8. The fraction of sp³-hybridized carbons (Fsp3) is 0.444. The highest BCUT2D eigenvalue weighted by Gasteiger charge is 2.61. The third-order valence-electron chi connectivity index (χ3n) is 12.2. The molecule has 5 aromatic rings. The summed E-state index contributed by atoms with van der Waals surface area (Å²) in [6.45, 7) is 11.3. The van der Waals surface area contributed by atoms with Gasteiger partial charge in [0.1, 0.15) is 27.8 Å². The van der Waals surface area contributed by atoms with E-state index in [9.17, 15) is 22.8 Å². The first-order chi connectivity index (χ1) is 29.5. The summed E-state index contributed by atoms with van der Waals surface area (Å²) in [5, 5.41) is 0.672. The molecule has 4 heterocycles. The van der Waals surface area contributed by atoms with Gasteiger partial charge in [-0.2, -0.15) is 4.98 Å². The first kappa shape index (κ1) is 43.0. The lowest BCUT2D eigenvalue weighted by atomic mass is 9.77. The number of likely N-dealkylation sites (tertiary alicyclic amines) is 1. The summed E-state index contributed by atoms with van der Waals surface area (Å²) in [4.78, 5) is 72.3. The third kappa shape index (κ3) is 8.19. The molecule has 17 heteroatoms. The van der Waals surface area contributed by atoms with Gasteiger partial charge in [-0.3, -0.25) is 19.1 Å². The van der Waals surface area contributed by atoms with Crippen LogP contribution < -0.4 is 14.2 Å². The number of nitrogens with one attached hydrogen (secondary N) is 1. The molecule has 0 radical (unpaired) electrons. The van der Waals surface area contributed by atoms with Gasteiger partial charge < -0.3 is 23.5 Å². The van der Waals surface area contributed by atoms with Crippen molar-refractivity contribution in [2.45, 2.75) is 83.6 Å². The molecular weight excluding hydrogens is 835 g/mol. The minimum atomic E-state index is -3.90. The number of Topliss-reactive ketones (excluding diaryl/α,β-unsaturated/α-hetero) is 1. The molecule has 326 valence electrons. The Bertz CT molecular complexity index is 2720. The molecule has 15 nitrogen and oxygen atoms in total. The minimum Gasteiger partial charge on any atom is -0.497 e. The number of benzene rings is 2. The lowest BCUT2D eigenvalue weighted by Crippen LogP contribution is -2.48. The number of amides is 2. The molecule has 2 aliphatic carbocycles. The number of ketones is 1. The van der Waals surface area contributed by atoms with Crippen LogP contribution in [-0.4, -0.2) is 90.0 Å². The molecule has 3 aliphatic rings. The van der Waals surface area contributed by atoms with Crippen molar-refractivity contribution in [1.82, 2.24) is 24.6 Å². The molecule has 3 fully saturated rings. The number of nitrogens with zero attached hydrogens (tertiary/aromatic N) is 4. The number of carbonyl (C=O) groups excluding carboxylic acids is 4. The second kappa shape index (κ2) is 16.2. The zero-order valence-corrected chi connectivity index (χ0v) is 37.1. The number of allylic oxidation sites excluding steroid dienone is 1. The van der Waals surface area contributed by atoms with Crippen molar-refractivity contribution in [3.63, 3.8) is 0 Å². The van der Waals surface area contributed by atoms with Crippen molar-refractivity contribution < 1.29 is 46.2 Å².